The van der Waals surface area contributed by atoms with Crippen molar-refractivity contribution in [2.24, 2.45) is 0 Å². The van der Waals surface area contributed by atoms with E-state index >= 15 is 0 Å². The van der Waals surface area contributed by atoms with E-state index in [-0.39, 0.29) is 4.83 Å². The van der Waals surface area contributed by atoms with Gasteiger partial charge in [-0.2, -0.15) is 0 Å². The number of alkyl halides is 1. The predicted octanol–water partition coefficient (Wildman–Crippen LogP) is 2.99. The lowest BCUT2D eigenvalue weighted by Crippen LogP contribution is -1.97. The summed E-state index contributed by atoms with van der Waals surface area (Å²) in [5.74, 6) is 1.94. The highest BCUT2D eigenvalue weighted by molar-refractivity contribution is 9.09. The van der Waals surface area contributed by atoms with Crippen molar-refractivity contribution in [2.45, 2.75) is 18.2 Å². The van der Waals surface area contributed by atoms with Gasteiger partial charge < -0.3 is 9.40 Å². The minimum atomic E-state index is 0.257. The van der Waals surface area contributed by atoms with E-state index in [9.17, 15) is 0 Å². The number of halogens is 1. The third-order valence-corrected chi connectivity index (χ3v) is 2.98. The molecule has 0 fully saturated rings. The minimum absolute atomic E-state index is 0.257. The Labute approximate surface area is 90.7 Å². The van der Waals surface area contributed by atoms with E-state index in [1.165, 1.54) is 5.56 Å². The third kappa shape index (κ3) is 1.90. The molecule has 0 saturated carbocycles. The van der Waals surface area contributed by atoms with Gasteiger partial charge in [-0.15, -0.1) is 0 Å². The Morgan fingerprint density at radius 1 is 1.64 bits per heavy atom. The van der Waals surface area contributed by atoms with Crippen LogP contribution < -0.4 is 0 Å². The molecule has 74 valence electrons. The Balaban J connectivity index is 2.10. The van der Waals surface area contributed by atoms with Gasteiger partial charge in [-0.25, -0.2) is 4.98 Å². The summed E-state index contributed by atoms with van der Waals surface area (Å²) in [6.45, 7) is 1.96. The van der Waals surface area contributed by atoms with E-state index in [2.05, 4.69) is 25.9 Å². The van der Waals surface area contributed by atoms with Crippen LogP contribution in [-0.2, 0) is 6.42 Å². The number of rotatable bonds is 3. The molecule has 0 aliphatic rings. The van der Waals surface area contributed by atoms with Crippen LogP contribution in [0.4, 0.5) is 0 Å². The molecule has 0 bridgehead atoms. The van der Waals surface area contributed by atoms with E-state index in [1.807, 2.05) is 19.2 Å². The molecule has 14 heavy (non-hydrogen) atoms. The highest BCUT2D eigenvalue weighted by Crippen LogP contribution is 2.28. The van der Waals surface area contributed by atoms with Crippen molar-refractivity contribution in [1.82, 2.24) is 9.97 Å². The Bertz CT molecular complexity index is 394. The number of imidazole rings is 1. The molecule has 0 spiro atoms. The minimum Gasteiger partial charge on any atom is -0.469 e. The summed E-state index contributed by atoms with van der Waals surface area (Å²) in [4.78, 5) is 7.51. The van der Waals surface area contributed by atoms with E-state index in [1.54, 1.807) is 12.5 Å². The average Bonchev–Trinajstić information content (AvgIpc) is 2.75. The molecular weight excluding hydrogens is 244 g/mol. The van der Waals surface area contributed by atoms with E-state index in [0.29, 0.717) is 0 Å². The molecule has 2 aromatic heterocycles. The fraction of sp³-hybridized carbons (Fsp3) is 0.300. The molecule has 1 unspecified atom stereocenters. The molecule has 0 saturated heterocycles. The van der Waals surface area contributed by atoms with Crippen LogP contribution in [0.1, 0.15) is 22.0 Å². The Morgan fingerprint density at radius 3 is 3.07 bits per heavy atom. The maximum atomic E-state index is 5.24. The highest BCUT2D eigenvalue weighted by atomic mass is 79.9. The van der Waals surface area contributed by atoms with Gasteiger partial charge >= 0.3 is 0 Å². The van der Waals surface area contributed by atoms with E-state index in [4.69, 9.17) is 4.42 Å². The first kappa shape index (κ1) is 9.52. The number of aryl methyl sites for hydroxylation is 1. The first-order valence-corrected chi connectivity index (χ1v) is 5.35. The lowest BCUT2D eigenvalue weighted by molar-refractivity contribution is 0.529. The van der Waals surface area contributed by atoms with Crippen molar-refractivity contribution in [1.29, 1.82) is 0 Å². The number of H-pyrrole nitrogens is 1. The second-order valence-electron chi connectivity index (χ2n) is 3.14. The monoisotopic (exact) mass is 254 g/mol. The summed E-state index contributed by atoms with van der Waals surface area (Å²) in [6, 6.07) is 1.98. The number of aromatic nitrogens is 2. The molecule has 0 amide bonds. The van der Waals surface area contributed by atoms with Crippen molar-refractivity contribution >= 4 is 15.9 Å². The number of nitrogens with one attached hydrogen (secondary N) is 1. The van der Waals surface area contributed by atoms with Gasteiger partial charge in [0.1, 0.15) is 11.6 Å². The summed E-state index contributed by atoms with van der Waals surface area (Å²) < 4.78 is 5.24. The van der Waals surface area contributed by atoms with Gasteiger partial charge in [-0.1, -0.05) is 15.9 Å². The maximum Gasteiger partial charge on any atom is 0.107 e. The van der Waals surface area contributed by atoms with Crippen LogP contribution in [0.2, 0.25) is 0 Å². The number of furan rings is 1. The fourth-order valence-corrected chi connectivity index (χ4v) is 2.19. The quantitative estimate of drug-likeness (QED) is 0.856. The van der Waals surface area contributed by atoms with Gasteiger partial charge in [0, 0.05) is 29.2 Å². The average molecular weight is 255 g/mol. The van der Waals surface area contributed by atoms with E-state index in [0.717, 1.165) is 18.0 Å². The van der Waals surface area contributed by atoms with Crippen molar-refractivity contribution in [3.8, 4) is 0 Å². The Morgan fingerprint density at radius 2 is 2.50 bits per heavy atom. The second kappa shape index (κ2) is 4.00. The summed E-state index contributed by atoms with van der Waals surface area (Å²) in [6.07, 6.45) is 6.14. The van der Waals surface area contributed by atoms with Crippen molar-refractivity contribution in [2.75, 3.05) is 0 Å². The summed E-state index contributed by atoms with van der Waals surface area (Å²) in [5.41, 5.74) is 1.18. The molecule has 1 N–H and O–H groups in total. The van der Waals surface area contributed by atoms with Gasteiger partial charge in [-0.3, -0.25) is 0 Å². The summed E-state index contributed by atoms with van der Waals surface area (Å²) in [5, 5.41) is 0. The van der Waals surface area contributed by atoms with Crippen LogP contribution in [0, 0.1) is 6.92 Å². The fourth-order valence-electron chi connectivity index (χ4n) is 1.41. The number of hydrogen-bond donors (Lipinski definition) is 1. The number of nitrogens with zero attached hydrogens (tertiary/aromatic N) is 1. The largest absolute Gasteiger partial charge is 0.469 e. The number of aromatic amines is 1. The molecular formula is C10H11BrN2O. The predicted molar refractivity (Wildman–Crippen MR) is 57.4 cm³/mol. The molecule has 0 aliphatic carbocycles. The molecule has 2 aromatic rings. The lowest BCUT2D eigenvalue weighted by atomic mass is 10.1. The van der Waals surface area contributed by atoms with Crippen LogP contribution in [0.5, 0.6) is 0 Å². The molecule has 4 heteroatoms. The molecule has 1 atom stereocenters. The molecule has 0 aromatic carbocycles. The lowest BCUT2D eigenvalue weighted by Gasteiger charge is -2.05. The smallest absolute Gasteiger partial charge is 0.107 e. The van der Waals surface area contributed by atoms with Crippen LogP contribution >= 0.6 is 15.9 Å². The van der Waals surface area contributed by atoms with Crippen molar-refractivity contribution in [3.63, 3.8) is 0 Å². The van der Waals surface area contributed by atoms with Crippen LogP contribution in [-0.4, -0.2) is 9.97 Å². The van der Waals surface area contributed by atoms with Crippen molar-refractivity contribution in [3.05, 3.63) is 41.9 Å². The zero-order chi connectivity index (χ0) is 9.97. The number of hydrogen-bond acceptors (Lipinski definition) is 2. The van der Waals surface area contributed by atoms with Gasteiger partial charge in [0.2, 0.25) is 0 Å². The van der Waals surface area contributed by atoms with Crippen LogP contribution in [0.15, 0.2) is 29.1 Å². The van der Waals surface area contributed by atoms with Crippen LogP contribution in [0.25, 0.3) is 0 Å². The third-order valence-electron chi connectivity index (χ3n) is 2.16. The van der Waals surface area contributed by atoms with Gasteiger partial charge in [0.25, 0.3) is 0 Å². The zero-order valence-electron chi connectivity index (χ0n) is 7.83. The standard InChI is InChI=1S/C10H11BrN2O/c1-7-8(2-5-14-7)9(11)6-10-12-3-4-13-10/h2-5,9H,6H2,1H3,(H,12,13). The maximum absolute atomic E-state index is 5.24. The molecule has 2 rings (SSSR count). The first-order chi connectivity index (χ1) is 6.77. The zero-order valence-corrected chi connectivity index (χ0v) is 9.41. The van der Waals surface area contributed by atoms with Crippen molar-refractivity contribution < 1.29 is 4.42 Å². The molecule has 3 nitrogen and oxygen atoms in total. The van der Waals surface area contributed by atoms with Gasteiger partial charge in [0.05, 0.1) is 6.26 Å². The van der Waals surface area contributed by atoms with E-state index < -0.39 is 0 Å². The topological polar surface area (TPSA) is 41.8 Å². The SMILES string of the molecule is Cc1occc1C(Br)Cc1ncc[nH]1. The first-order valence-electron chi connectivity index (χ1n) is 4.43. The van der Waals surface area contributed by atoms with Crippen LogP contribution in [0.3, 0.4) is 0 Å². The highest BCUT2D eigenvalue weighted by Gasteiger charge is 2.13. The molecule has 0 aliphatic heterocycles. The van der Waals surface area contributed by atoms with Gasteiger partial charge in [0.15, 0.2) is 0 Å². The molecule has 0 radical (unpaired) electrons. The Hall–Kier alpha value is -1.03. The molecule has 2 heterocycles. The normalized spacial score (nSPS) is 13.0. The summed E-state index contributed by atoms with van der Waals surface area (Å²) in [7, 11) is 0. The summed E-state index contributed by atoms with van der Waals surface area (Å²) >= 11 is 3.62. The second-order valence-corrected chi connectivity index (χ2v) is 4.24. The van der Waals surface area contributed by atoms with Gasteiger partial charge in [-0.05, 0) is 13.0 Å². The Kier molecular flexibility index (Phi) is 2.72.